The summed E-state index contributed by atoms with van der Waals surface area (Å²) in [5, 5.41) is 12.7. The van der Waals surface area contributed by atoms with Crippen molar-refractivity contribution in [1.82, 2.24) is 9.78 Å². The Morgan fingerprint density at radius 3 is 2.80 bits per heavy atom. The standard InChI is InChI=1S/C13H17N3O3S/c1-11-5-2-3-6-13(11)15-20(18,19)12-9-14-16(10-12)7-4-8-17/h2-3,5-6,9-10,15,17H,4,7-8H2,1H3. The molecule has 0 atom stereocenters. The molecule has 0 aliphatic heterocycles. The van der Waals surface area contributed by atoms with Gasteiger partial charge in [-0.25, -0.2) is 8.42 Å². The minimum absolute atomic E-state index is 0.0450. The van der Waals surface area contributed by atoms with Crippen LogP contribution in [0.1, 0.15) is 12.0 Å². The Balaban J connectivity index is 2.18. The fourth-order valence-electron chi connectivity index (χ4n) is 1.73. The SMILES string of the molecule is Cc1ccccc1NS(=O)(=O)c1cnn(CCCO)c1. The number of nitrogens with one attached hydrogen (secondary N) is 1. The molecular formula is C13H17N3O3S. The van der Waals surface area contributed by atoms with E-state index in [2.05, 4.69) is 9.82 Å². The summed E-state index contributed by atoms with van der Waals surface area (Å²) in [7, 11) is -3.64. The van der Waals surface area contributed by atoms with Gasteiger partial charge in [-0.3, -0.25) is 9.40 Å². The lowest BCUT2D eigenvalue weighted by Gasteiger charge is -2.08. The van der Waals surface area contributed by atoms with Crippen molar-refractivity contribution in [1.29, 1.82) is 0 Å². The minimum Gasteiger partial charge on any atom is -0.396 e. The molecule has 0 aliphatic rings. The zero-order valence-corrected chi connectivity index (χ0v) is 12.0. The number of hydrogen-bond donors (Lipinski definition) is 2. The van der Waals surface area contributed by atoms with Crippen LogP contribution >= 0.6 is 0 Å². The van der Waals surface area contributed by atoms with Gasteiger partial charge in [0.25, 0.3) is 10.0 Å². The first kappa shape index (κ1) is 14.5. The number of aliphatic hydroxyl groups excluding tert-OH is 1. The second-order valence-electron chi connectivity index (χ2n) is 4.44. The maximum atomic E-state index is 12.2. The van der Waals surface area contributed by atoms with E-state index in [-0.39, 0.29) is 11.5 Å². The summed E-state index contributed by atoms with van der Waals surface area (Å²) in [6.45, 7) is 2.36. The number of para-hydroxylation sites is 1. The first-order valence-corrected chi connectivity index (χ1v) is 7.73. The van der Waals surface area contributed by atoms with Crippen molar-refractivity contribution in [2.45, 2.75) is 24.8 Å². The van der Waals surface area contributed by atoms with Crippen LogP contribution in [0.2, 0.25) is 0 Å². The van der Waals surface area contributed by atoms with Gasteiger partial charge in [-0.2, -0.15) is 5.10 Å². The second kappa shape index (κ2) is 6.06. The van der Waals surface area contributed by atoms with Crippen LogP contribution in [0.5, 0.6) is 0 Å². The highest BCUT2D eigenvalue weighted by Crippen LogP contribution is 2.18. The third-order valence-corrected chi connectivity index (χ3v) is 4.17. The number of anilines is 1. The first-order valence-electron chi connectivity index (χ1n) is 6.25. The van der Waals surface area contributed by atoms with Crippen molar-refractivity contribution in [2.24, 2.45) is 0 Å². The van der Waals surface area contributed by atoms with Crippen molar-refractivity contribution in [2.75, 3.05) is 11.3 Å². The van der Waals surface area contributed by atoms with E-state index in [1.54, 1.807) is 12.1 Å². The summed E-state index contributed by atoms with van der Waals surface area (Å²) in [4.78, 5) is 0.110. The van der Waals surface area contributed by atoms with Crippen LogP contribution in [-0.4, -0.2) is 29.9 Å². The quantitative estimate of drug-likeness (QED) is 0.843. The summed E-state index contributed by atoms with van der Waals surface area (Å²) >= 11 is 0. The number of aliphatic hydroxyl groups is 1. The summed E-state index contributed by atoms with van der Waals surface area (Å²) in [5.41, 5.74) is 1.40. The van der Waals surface area contributed by atoms with E-state index in [9.17, 15) is 8.42 Å². The summed E-state index contributed by atoms with van der Waals surface area (Å²) in [5.74, 6) is 0. The van der Waals surface area contributed by atoms with E-state index >= 15 is 0 Å². The molecule has 0 fully saturated rings. The van der Waals surface area contributed by atoms with Crippen molar-refractivity contribution in [3.63, 3.8) is 0 Å². The molecule has 0 unspecified atom stereocenters. The highest BCUT2D eigenvalue weighted by molar-refractivity contribution is 7.92. The molecule has 2 N–H and O–H groups in total. The van der Waals surface area contributed by atoms with Crippen molar-refractivity contribution in [3.8, 4) is 0 Å². The van der Waals surface area contributed by atoms with Gasteiger partial charge in [0, 0.05) is 19.3 Å². The van der Waals surface area contributed by atoms with Crippen molar-refractivity contribution >= 4 is 15.7 Å². The number of aryl methyl sites for hydroxylation is 2. The average Bonchev–Trinajstić information content (AvgIpc) is 2.88. The maximum absolute atomic E-state index is 12.2. The summed E-state index contributed by atoms with van der Waals surface area (Å²) in [6.07, 6.45) is 3.29. The first-order chi connectivity index (χ1) is 9.53. The Morgan fingerprint density at radius 2 is 2.10 bits per heavy atom. The molecule has 108 valence electrons. The van der Waals surface area contributed by atoms with E-state index in [0.29, 0.717) is 18.7 Å². The Kier molecular flexibility index (Phi) is 4.41. The predicted molar refractivity (Wildman–Crippen MR) is 75.9 cm³/mol. The number of sulfonamides is 1. The third kappa shape index (κ3) is 3.37. The summed E-state index contributed by atoms with van der Waals surface area (Å²) in [6, 6.07) is 7.17. The summed E-state index contributed by atoms with van der Waals surface area (Å²) < 4.78 is 28.5. The second-order valence-corrected chi connectivity index (χ2v) is 6.12. The van der Waals surface area contributed by atoms with Crippen LogP contribution in [0.4, 0.5) is 5.69 Å². The molecule has 6 nitrogen and oxygen atoms in total. The smallest absolute Gasteiger partial charge is 0.265 e. The topological polar surface area (TPSA) is 84.2 Å². The lowest BCUT2D eigenvalue weighted by Crippen LogP contribution is -2.13. The van der Waals surface area contributed by atoms with E-state index < -0.39 is 10.0 Å². The van der Waals surface area contributed by atoms with Crippen LogP contribution in [-0.2, 0) is 16.6 Å². The van der Waals surface area contributed by atoms with Crippen molar-refractivity contribution < 1.29 is 13.5 Å². The van der Waals surface area contributed by atoms with Gasteiger partial charge in [0.1, 0.15) is 4.90 Å². The van der Waals surface area contributed by atoms with E-state index in [0.717, 1.165) is 5.56 Å². The zero-order chi connectivity index (χ0) is 14.6. The number of nitrogens with zero attached hydrogens (tertiary/aromatic N) is 2. The average molecular weight is 295 g/mol. The minimum atomic E-state index is -3.64. The van der Waals surface area contributed by atoms with Gasteiger partial charge in [-0.05, 0) is 25.0 Å². The molecule has 7 heteroatoms. The molecule has 0 saturated carbocycles. The molecular weight excluding hydrogens is 278 g/mol. The molecule has 2 rings (SSSR count). The highest BCUT2D eigenvalue weighted by atomic mass is 32.2. The number of aromatic nitrogens is 2. The molecule has 0 bridgehead atoms. The number of rotatable bonds is 6. The van der Waals surface area contributed by atoms with Gasteiger partial charge in [0.05, 0.1) is 11.9 Å². The molecule has 20 heavy (non-hydrogen) atoms. The highest BCUT2D eigenvalue weighted by Gasteiger charge is 2.17. The van der Waals surface area contributed by atoms with Crippen LogP contribution in [0, 0.1) is 6.92 Å². The Hall–Kier alpha value is -1.86. The van der Waals surface area contributed by atoms with E-state index in [1.807, 2.05) is 19.1 Å². The molecule has 0 spiro atoms. The van der Waals surface area contributed by atoms with Gasteiger partial charge in [-0.1, -0.05) is 18.2 Å². The number of hydrogen-bond acceptors (Lipinski definition) is 4. The third-order valence-electron chi connectivity index (χ3n) is 2.85. The monoisotopic (exact) mass is 295 g/mol. The van der Waals surface area contributed by atoms with Crippen LogP contribution in [0.15, 0.2) is 41.6 Å². The largest absolute Gasteiger partial charge is 0.396 e. The van der Waals surface area contributed by atoms with Gasteiger partial charge in [-0.15, -0.1) is 0 Å². The molecule has 0 radical (unpaired) electrons. The Bertz CT molecular complexity index is 680. The van der Waals surface area contributed by atoms with E-state index in [4.69, 9.17) is 5.11 Å². The molecule has 1 heterocycles. The fourth-order valence-corrected chi connectivity index (χ4v) is 2.81. The normalized spacial score (nSPS) is 11.5. The van der Waals surface area contributed by atoms with Gasteiger partial charge in [0.15, 0.2) is 0 Å². The fraction of sp³-hybridized carbons (Fsp3) is 0.308. The van der Waals surface area contributed by atoms with Crippen LogP contribution in [0.25, 0.3) is 0 Å². The molecule has 2 aromatic rings. The van der Waals surface area contributed by atoms with Gasteiger partial charge < -0.3 is 5.11 Å². The van der Waals surface area contributed by atoms with Crippen LogP contribution < -0.4 is 4.72 Å². The Morgan fingerprint density at radius 1 is 1.35 bits per heavy atom. The molecule has 0 amide bonds. The van der Waals surface area contributed by atoms with Gasteiger partial charge >= 0.3 is 0 Å². The molecule has 0 aliphatic carbocycles. The molecule has 0 saturated heterocycles. The predicted octanol–water partition coefficient (Wildman–Crippen LogP) is 1.37. The van der Waals surface area contributed by atoms with Gasteiger partial charge in [0.2, 0.25) is 0 Å². The Labute approximate surface area is 118 Å². The van der Waals surface area contributed by atoms with Crippen LogP contribution in [0.3, 0.4) is 0 Å². The lowest BCUT2D eigenvalue weighted by molar-refractivity contribution is 0.277. The molecule has 1 aromatic heterocycles. The van der Waals surface area contributed by atoms with Crippen molar-refractivity contribution in [3.05, 3.63) is 42.2 Å². The lowest BCUT2D eigenvalue weighted by atomic mass is 10.2. The van der Waals surface area contributed by atoms with E-state index in [1.165, 1.54) is 17.1 Å². The molecule has 1 aromatic carbocycles. The zero-order valence-electron chi connectivity index (χ0n) is 11.2. The number of benzene rings is 1. The maximum Gasteiger partial charge on any atom is 0.265 e.